The lowest BCUT2D eigenvalue weighted by molar-refractivity contribution is -0.148. The van der Waals surface area contributed by atoms with E-state index in [0.717, 1.165) is 57.1 Å². The van der Waals surface area contributed by atoms with Crippen molar-refractivity contribution < 1.29 is 25.2 Å². The van der Waals surface area contributed by atoms with Crippen LogP contribution in [0.1, 0.15) is 135 Å². The van der Waals surface area contributed by atoms with Crippen LogP contribution in [0.5, 0.6) is 0 Å². The van der Waals surface area contributed by atoms with Crippen LogP contribution in [0.4, 0.5) is 0 Å². The number of fused-ring (bicyclic) bond motifs is 1. The van der Waals surface area contributed by atoms with Crippen molar-refractivity contribution in [1.82, 2.24) is 10.3 Å². The highest BCUT2D eigenvalue weighted by atomic mass is 16.4. The predicted octanol–water partition coefficient (Wildman–Crippen LogP) is 8.13. The summed E-state index contributed by atoms with van der Waals surface area (Å²) in [6.07, 6.45) is 26.8. The molecule has 0 aromatic carbocycles. The second kappa shape index (κ2) is 19.2. The van der Waals surface area contributed by atoms with Crippen LogP contribution in [0.3, 0.4) is 0 Å². The molecule has 8 nitrogen and oxygen atoms in total. The Kier molecular flexibility index (Phi) is 15.0. The molecule has 1 aromatic rings. The van der Waals surface area contributed by atoms with E-state index in [1.54, 1.807) is 0 Å². The largest absolute Gasteiger partial charge is 0.481 e. The minimum absolute atomic E-state index is 0.0354. The monoisotopic (exact) mass is 734 g/mol. The topological polar surface area (TPSA) is 152 Å². The van der Waals surface area contributed by atoms with Crippen molar-refractivity contribution in [2.75, 3.05) is 6.54 Å². The first-order chi connectivity index (χ1) is 25.4. The quantitative estimate of drug-likeness (QED) is 0.0528. The van der Waals surface area contributed by atoms with Crippen molar-refractivity contribution in [2.45, 2.75) is 148 Å². The van der Waals surface area contributed by atoms with Gasteiger partial charge in [0.15, 0.2) is 0 Å². The number of unbranched alkanes of at least 4 members (excludes halogenated alkanes) is 4. The number of hydrogen-bond acceptors (Lipinski definition) is 6. The average Bonchev–Trinajstić information content (AvgIpc) is 3.68. The molecule has 0 spiro atoms. The maximum absolute atomic E-state index is 12.7. The summed E-state index contributed by atoms with van der Waals surface area (Å²) in [4.78, 5) is 16.1. The molecule has 2 heterocycles. The zero-order valence-corrected chi connectivity index (χ0v) is 33.1. The van der Waals surface area contributed by atoms with Gasteiger partial charge in [0.25, 0.3) is 0 Å². The van der Waals surface area contributed by atoms with Gasteiger partial charge in [-0.15, -0.1) is 0 Å². The van der Waals surface area contributed by atoms with Crippen LogP contribution in [0.2, 0.25) is 0 Å². The number of H-pyrrole nitrogens is 1. The summed E-state index contributed by atoms with van der Waals surface area (Å²) in [7, 11) is 0. The molecular weight excluding hydrogens is 663 g/mol. The number of aromatic nitrogens is 1. The standard InChI is InChI=1S/C45H71N3O5/c1-5-6-8-11-31-14-15-33(41(49)22-31)12-9-7-10-13-39(44(51)52)43(50)34-16-17-40-35(21-32-18-19-47-42(46)23-32)24-37(45(40,53)27-34)26-38-25-36(28-48-38)30(4)20-29(2)3/h14-18,23,25,28-31,33-35,37,39-41,43,47-50,53H,5-13,19-22,24,26-27,46H2,1-4H3,(H,51,52). The van der Waals surface area contributed by atoms with E-state index >= 15 is 0 Å². The number of rotatable bonds is 20. The van der Waals surface area contributed by atoms with Gasteiger partial charge < -0.3 is 36.5 Å². The molecule has 4 aliphatic rings. The van der Waals surface area contributed by atoms with Gasteiger partial charge in [-0.1, -0.05) is 96.6 Å². The Hall–Kier alpha value is -2.81. The third kappa shape index (κ3) is 10.9. The fourth-order valence-electron chi connectivity index (χ4n) is 10.3. The zero-order chi connectivity index (χ0) is 38.1. The first-order valence-corrected chi connectivity index (χ1v) is 21.1. The third-order valence-electron chi connectivity index (χ3n) is 13.2. The number of carbonyl (C=O) groups is 1. The summed E-state index contributed by atoms with van der Waals surface area (Å²) < 4.78 is 0. The summed E-state index contributed by atoms with van der Waals surface area (Å²) >= 11 is 0. The van der Waals surface area contributed by atoms with Gasteiger partial charge in [0.05, 0.1) is 29.5 Å². The van der Waals surface area contributed by atoms with Crippen molar-refractivity contribution in [3.63, 3.8) is 0 Å². The van der Waals surface area contributed by atoms with Crippen LogP contribution in [-0.4, -0.2) is 55.7 Å². The number of aromatic amines is 1. The fourth-order valence-corrected chi connectivity index (χ4v) is 10.3. The number of carboxylic acids is 1. The number of dihydropyridines is 1. The molecule has 3 aliphatic carbocycles. The molecule has 0 saturated heterocycles. The lowest BCUT2D eigenvalue weighted by atomic mass is 9.68. The summed E-state index contributed by atoms with van der Waals surface area (Å²) in [6, 6.07) is 2.26. The maximum atomic E-state index is 12.7. The Morgan fingerprint density at radius 1 is 1.02 bits per heavy atom. The molecule has 1 aromatic heterocycles. The summed E-state index contributed by atoms with van der Waals surface area (Å²) in [5, 5.41) is 48.6. The highest BCUT2D eigenvalue weighted by molar-refractivity contribution is 5.70. The van der Waals surface area contributed by atoms with Gasteiger partial charge in [-0.05, 0) is 111 Å². The van der Waals surface area contributed by atoms with Crippen LogP contribution in [-0.2, 0) is 11.2 Å². The number of allylic oxidation sites excluding steroid dienone is 3. The molecule has 1 fully saturated rings. The van der Waals surface area contributed by atoms with E-state index in [2.05, 4.69) is 74.6 Å². The van der Waals surface area contributed by atoms with Crippen LogP contribution in [0, 0.1) is 47.3 Å². The Morgan fingerprint density at radius 3 is 2.53 bits per heavy atom. The van der Waals surface area contributed by atoms with Crippen LogP contribution < -0.4 is 11.1 Å². The number of hydrogen-bond donors (Lipinski definition) is 7. The highest BCUT2D eigenvalue weighted by Crippen LogP contribution is 2.54. The summed E-state index contributed by atoms with van der Waals surface area (Å²) in [5.41, 5.74) is 8.65. The van der Waals surface area contributed by atoms with Gasteiger partial charge in [0, 0.05) is 36.2 Å². The molecule has 1 aliphatic heterocycles. The molecule has 11 atom stereocenters. The lowest BCUT2D eigenvalue weighted by Crippen LogP contribution is -2.48. The van der Waals surface area contributed by atoms with E-state index in [0.29, 0.717) is 55.8 Å². The molecule has 11 unspecified atom stereocenters. The average molecular weight is 734 g/mol. The molecule has 0 radical (unpaired) electrons. The number of nitrogens with one attached hydrogen (secondary N) is 2. The number of nitrogens with two attached hydrogens (primary N) is 1. The second-order valence-electron chi connectivity index (χ2n) is 17.8. The van der Waals surface area contributed by atoms with E-state index < -0.39 is 29.5 Å². The van der Waals surface area contributed by atoms with E-state index in [4.69, 9.17) is 5.73 Å². The van der Waals surface area contributed by atoms with Gasteiger partial charge in [-0.3, -0.25) is 4.79 Å². The highest BCUT2D eigenvalue weighted by Gasteiger charge is 2.56. The van der Waals surface area contributed by atoms with Gasteiger partial charge in [0.1, 0.15) is 0 Å². The van der Waals surface area contributed by atoms with Crippen LogP contribution in [0.15, 0.2) is 60.1 Å². The van der Waals surface area contributed by atoms with Gasteiger partial charge in [-0.2, -0.15) is 0 Å². The molecule has 0 bridgehead atoms. The first-order valence-electron chi connectivity index (χ1n) is 21.1. The lowest BCUT2D eigenvalue weighted by Gasteiger charge is -2.42. The number of aliphatic hydroxyl groups excluding tert-OH is 2. The van der Waals surface area contributed by atoms with Gasteiger partial charge in [0.2, 0.25) is 0 Å². The Labute approximate surface area is 319 Å². The Balaban J connectivity index is 1.21. The van der Waals surface area contributed by atoms with E-state index in [1.807, 2.05) is 12.2 Å². The number of aliphatic carboxylic acids is 1. The zero-order valence-electron chi connectivity index (χ0n) is 33.1. The predicted molar refractivity (Wildman–Crippen MR) is 214 cm³/mol. The minimum atomic E-state index is -1.08. The molecule has 5 rings (SSSR count). The van der Waals surface area contributed by atoms with Crippen molar-refractivity contribution in [3.8, 4) is 0 Å². The smallest absolute Gasteiger partial charge is 0.309 e. The molecule has 8 heteroatoms. The molecule has 8 N–H and O–H groups in total. The van der Waals surface area contributed by atoms with Crippen LogP contribution in [0.25, 0.3) is 0 Å². The van der Waals surface area contributed by atoms with E-state index in [1.165, 1.54) is 30.4 Å². The second-order valence-corrected chi connectivity index (χ2v) is 17.8. The molecule has 1 saturated carbocycles. The molecule has 0 amide bonds. The van der Waals surface area contributed by atoms with Crippen molar-refractivity contribution >= 4 is 5.97 Å². The van der Waals surface area contributed by atoms with Crippen molar-refractivity contribution in [2.24, 2.45) is 53.1 Å². The Morgan fingerprint density at radius 2 is 1.81 bits per heavy atom. The normalized spacial score (nSPS) is 31.4. The van der Waals surface area contributed by atoms with Crippen molar-refractivity contribution in [3.05, 3.63) is 71.4 Å². The minimum Gasteiger partial charge on any atom is -0.481 e. The van der Waals surface area contributed by atoms with E-state index in [-0.39, 0.29) is 29.8 Å². The summed E-state index contributed by atoms with van der Waals surface area (Å²) in [6.45, 7) is 9.69. The number of aliphatic hydroxyl groups is 3. The van der Waals surface area contributed by atoms with E-state index in [9.17, 15) is 25.2 Å². The summed E-state index contributed by atoms with van der Waals surface area (Å²) in [5.74, 6) is 0.149. The van der Waals surface area contributed by atoms with Crippen molar-refractivity contribution in [1.29, 1.82) is 0 Å². The molecular formula is C45H71N3O5. The first kappa shape index (κ1) is 41.4. The number of carboxylic acid groups (broad SMARTS) is 1. The fraction of sp³-hybridized carbons (Fsp3) is 0.711. The van der Waals surface area contributed by atoms with Gasteiger partial charge in [-0.25, -0.2) is 0 Å². The van der Waals surface area contributed by atoms with Crippen LogP contribution >= 0.6 is 0 Å². The molecule has 296 valence electrons. The molecule has 53 heavy (non-hydrogen) atoms. The third-order valence-corrected chi connectivity index (χ3v) is 13.2. The van der Waals surface area contributed by atoms with Gasteiger partial charge >= 0.3 is 5.97 Å². The SMILES string of the molecule is CCCCCC1C=CC(CCCCCC(C(=O)O)C(O)C2C=CC3C(CC4=CCNC(N)=C4)CC(Cc4cc(C(C)CC(C)C)c[nH]4)C3(O)C2)C(O)C1. The maximum Gasteiger partial charge on any atom is 0.309 e. The Bertz CT molecular complexity index is 1440.